The van der Waals surface area contributed by atoms with Crippen molar-refractivity contribution in [3.63, 3.8) is 0 Å². The fraction of sp³-hybridized carbons (Fsp3) is 0.312. The van der Waals surface area contributed by atoms with Crippen LogP contribution in [-0.2, 0) is 4.79 Å². The molecule has 0 unspecified atom stereocenters. The van der Waals surface area contributed by atoms with Crippen molar-refractivity contribution in [3.8, 4) is 0 Å². The highest BCUT2D eigenvalue weighted by atomic mass is 35.5. The number of nitrogens with zero attached hydrogens (tertiary/aromatic N) is 2. The standard InChI is InChI=1S/C16H18Cl2N4OS2/c1-4-7-19-15-21-22-16(25-15)24-10(3)14(23)20-9(2)12-6-5-11(17)8-13(12)18/h4-6,8-10H,1,7H2,2-3H3,(H,19,21)(H,20,23)/t9-,10+/m0/s1. The molecule has 2 aromatic rings. The van der Waals surface area contributed by atoms with Crippen molar-refractivity contribution >= 4 is 57.3 Å². The molecule has 2 rings (SSSR count). The molecule has 134 valence electrons. The van der Waals surface area contributed by atoms with E-state index in [9.17, 15) is 4.79 Å². The second-order valence-electron chi connectivity index (χ2n) is 5.20. The zero-order valence-electron chi connectivity index (χ0n) is 13.8. The van der Waals surface area contributed by atoms with Gasteiger partial charge in [-0.15, -0.1) is 16.8 Å². The summed E-state index contributed by atoms with van der Waals surface area (Å²) in [6, 6.07) is 5.01. The highest BCUT2D eigenvalue weighted by Crippen LogP contribution is 2.30. The second kappa shape index (κ2) is 9.43. The summed E-state index contributed by atoms with van der Waals surface area (Å²) in [6.45, 7) is 7.97. The molecule has 1 aromatic carbocycles. The third-order valence-corrected chi connectivity index (χ3v) is 5.87. The lowest BCUT2D eigenvalue weighted by molar-refractivity contribution is -0.120. The molecule has 0 aliphatic heterocycles. The van der Waals surface area contributed by atoms with Crippen LogP contribution >= 0.6 is 46.3 Å². The number of amides is 1. The van der Waals surface area contributed by atoms with Crippen LogP contribution in [-0.4, -0.2) is 27.9 Å². The van der Waals surface area contributed by atoms with Gasteiger partial charge in [0, 0.05) is 16.6 Å². The summed E-state index contributed by atoms with van der Waals surface area (Å²) < 4.78 is 0.728. The van der Waals surface area contributed by atoms with Gasteiger partial charge in [-0.05, 0) is 31.5 Å². The Morgan fingerprint density at radius 3 is 2.84 bits per heavy atom. The van der Waals surface area contributed by atoms with Gasteiger partial charge in [0.2, 0.25) is 11.0 Å². The van der Waals surface area contributed by atoms with Gasteiger partial charge in [0.05, 0.1) is 11.3 Å². The summed E-state index contributed by atoms with van der Waals surface area (Å²) in [7, 11) is 0. The fourth-order valence-electron chi connectivity index (χ4n) is 1.95. The molecule has 0 fully saturated rings. The largest absolute Gasteiger partial charge is 0.357 e. The van der Waals surface area contributed by atoms with E-state index in [4.69, 9.17) is 23.2 Å². The molecule has 2 atom stereocenters. The molecular weight excluding hydrogens is 399 g/mol. The lowest BCUT2D eigenvalue weighted by Crippen LogP contribution is -2.33. The first-order chi connectivity index (χ1) is 11.9. The zero-order valence-corrected chi connectivity index (χ0v) is 16.9. The molecule has 1 amide bonds. The van der Waals surface area contributed by atoms with Gasteiger partial charge in [0.1, 0.15) is 0 Å². The number of carbonyl (C=O) groups excluding carboxylic acids is 1. The number of rotatable bonds is 8. The van der Waals surface area contributed by atoms with Gasteiger partial charge in [-0.2, -0.15) is 0 Å². The van der Waals surface area contributed by atoms with Gasteiger partial charge in [-0.3, -0.25) is 4.79 Å². The van der Waals surface area contributed by atoms with Gasteiger partial charge < -0.3 is 10.6 Å². The summed E-state index contributed by atoms with van der Waals surface area (Å²) in [5.74, 6) is -0.0979. The number of carbonyl (C=O) groups is 1. The molecule has 0 spiro atoms. The third-order valence-electron chi connectivity index (χ3n) is 3.24. The Hall–Kier alpha value is -1.28. The first-order valence-corrected chi connectivity index (χ1v) is 9.96. The minimum atomic E-state index is -0.311. The molecule has 0 bridgehead atoms. The third kappa shape index (κ3) is 5.88. The monoisotopic (exact) mass is 416 g/mol. The van der Waals surface area contributed by atoms with Crippen molar-refractivity contribution in [3.05, 3.63) is 46.5 Å². The maximum absolute atomic E-state index is 12.4. The average molecular weight is 417 g/mol. The Morgan fingerprint density at radius 2 is 2.16 bits per heavy atom. The van der Waals surface area contributed by atoms with Crippen LogP contribution in [0.1, 0.15) is 25.5 Å². The van der Waals surface area contributed by atoms with E-state index in [0.29, 0.717) is 21.7 Å². The minimum absolute atomic E-state index is 0.0979. The van der Waals surface area contributed by atoms with Crippen molar-refractivity contribution in [2.24, 2.45) is 0 Å². The Bertz CT molecular complexity index is 753. The summed E-state index contributed by atoms with van der Waals surface area (Å²) in [4.78, 5) is 12.4. The molecule has 1 heterocycles. The van der Waals surface area contributed by atoms with E-state index in [1.54, 1.807) is 18.2 Å². The van der Waals surface area contributed by atoms with E-state index in [1.165, 1.54) is 23.1 Å². The van der Waals surface area contributed by atoms with Crippen molar-refractivity contribution in [2.75, 3.05) is 11.9 Å². The van der Waals surface area contributed by atoms with Crippen LogP contribution in [0.15, 0.2) is 35.2 Å². The molecule has 0 aliphatic rings. The summed E-state index contributed by atoms with van der Waals surface area (Å²) >= 11 is 14.9. The second-order valence-corrected chi connectivity index (χ2v) is 8.61. The van der Waals surface area contributed by atoms with E-state index < -0.39 is 0 Å². The van der Waals surface area contributed by atoms with Crippen molar-refractivity contribution in [1.82, 2.24) is 15.5 Å². The molecule has 0 aliphatic carbocycles. The number of anilines is 1. The molecule has 0 radical (unpaired) electrons. The number of hydrogen-bond donors (Lipinski definition) is 2. The quantitative estimate of drug-likeness (QED) is 0.477. The fourth-order valence-corrected chi connectivity index (χ4v) is 4.44. The van der Waals surface area contributed by atoms with E-state index in [-0.39, 0.29) is 17.2 Å². The Morgan fingerprint density at radius 1 is 1.40 bits per heavy atom. The van der Waals surface area contributed by atoms with Gasteiger partial charge in [-0.1, -0.05) is 58.4 Å². The van der Waals surface area contributed by atoms with Crippen LogP contribution < -0.4 is 10.6 Å². The smallest absolute Gasteiger partial charge is 0.233 e. The van der Waals surface area contributed by atoms with E-state index in [1.807, 2.05) is 19.9 Å². The van der Waals surface area contributed by atoms with Gasteiger partial charge in [0.25, 0.3) is 0 Å². The van der Waals surface area contributed by atoms with Crippen molar-refractivity contribution < 1.29 is 4.79 Å². The lowest BCUT2D eigenvalue weighted by atomic mass is 10.1. The molecule has 1 aromatic heterocycles. The Kier molecular flexibility index (Phi) is 7.56. The minimum Gasteiger partial charge on any atom is -0.357 e. The van der Waals surface area contributed by atoms with Gasteiger partial charge >= 0.3 is 0 Å². The summed E-state index contributed by atoms with van der Waals surface area (Å²) in [5, 5.41) is 15.6. The van der Waals surface area contributed by atoms with Crippen LogP contribution in [0.5, 0.6) is 0 Å². The number of benzene rings is 1. The zero-order chi connectivity index (χ0) is 18.4. The van der Waals surface area contributed by atoms with Crippen LogP contribution in [0.3, 0.4) is 0 Å². The van der Waals surface area contributed by atoms with Crippen molar-refractivity contribution in [2.45, 2.75) is 29.5 Å². The van der Waals surface area contributed by atoms with Crippen LogP contribution in [0, 0.1) is 0 Å². The topological polar surface area (TPSA) is 66.9 Å². The summed E-state index contributed by atoms with van der Waals surface area (Å²) in [6.07, 6.45) is 1.74. The molecule has 2 N–H and O–H groups in total. The van der Waals surface area contributed by atoms with E-state index >= 15 is 0 Å². The van der Waals surface area contributed by atoms with E-state index in [0.717, 1.165) is 9.90 Å². The normalized spacial score (nSPS) is 13.1. The van der Waals surface area contributed by atoms with Crippen molar-refractivity contribution in [1.29, 1.82) is 0 Å². The molecule has 9 heteroatoms. The molecule has 25 heavy (non-hydrogen) atoms. The number of nitrogens with one attached hydrogen (secondary N) is 2. The number of thioether (sulfide) groups is 1. The van der Waals surface area contributed by atoms with Crippen LogP contribution in [0.2, 0.25) is 10.0 Å². The molecular formula is C16H18Cl2N4OS2. The molecule has 5 nitrogen and oxygen atoms in total. The molecule has 0 saturated carbocycles. The van der Waals surface area contributed by atoms with Gasteiger partial charge in [0.15, 0.2) is 4.34 Å². The number of aromatic nitrogens is 2. The number of hydrogen-bond acceptors (Lipinski definition) is 6. The van der Waals surface area contributed by atoms with Crippen LogP contribution in [0.25, 0.3) is 0 Å². The number of halogens is 2. The first kappa shape index (κ1) is 20.0. The average Bonchev–Trinajstić information content (AvgIpc) is 3.00. The molecule has 0 saturated heterocycles. The Balaban J connectivity index is 1.93. The predicted octanol–water partition coefficient (Wildman–Crippen LogP) is 4.80. The summed E-state index contributed by atoms with van der Waals surface area (Å²) in [5.41, 5.74) is 0.823. The van der Waals surface area contributed by atoms with Crippen LogP contribution in [0.4, 0.5) is 5.13 Å². The first-order valence-electron chi connectivity index (χ1n) is 7.51. The highest BCUT2D eigenvalue weighted by molar-refractivity contribution is 8.02. The maximum Gasteiger partial charge on any atom is 0.233 e. The Labute approximate surface area is 165 Å². The SMILES string of the molecule is C=CCNc1nnc(S[C@H](C)C(=O)N[C@@H](C)c2ccc(Cl)cc2Cl)s1. The lowest BCUT2D eigenvalue weighted by Gasteiger charge is -2.18. The highest BCUT2D eigenvalue weighted by Gasteiger charge is 2.20. The van der Waals surface area contributed by atoms with Gasteiger partial charge in [-0.25, -0.2) is 0 Å². The van der Waals surface area contributed by atoms with E-state index in [2.05, 4.69) is 27.4 Å². The predicted molar refractivity (Wildman–Crippen MR) is 107 cm³/mol. The maximum atomic E-state index is 12.4.